The molecule has 1 amide bonds. The average Bonchev–Trinajstić information content (AvgIpc) is 3.17. The maximum atomic E-state index is 12.4. The van der Waals surface area contributed by atoms with Crippen molar-refractivity contribution in [3.05, 3.63) is 48.3 Å². The van der Waals surface area contributed by atoms with Crippen LogP contribution >= 0.6 is 0 Å². The van der Waals surface area contributed by atoms with Crippen LogP contribution in [0.5, 0.6) is 0 Å². The van der Waals surface area contributed by atoms with E-state index < -0.39 is 11.5 Å². The Labute approximate surface area is 140 Å². The summed E-state index contributed by atoms with van der Waals surface area (Å²) < 4.78 is 1.73. The molecule has 0 spiro atoms. The number of carboxylic acid groups (broad SMARTS) is 1. The number of aliphatic carboxylic acids is 1. The van der Waals surface area contributed by atoms with E-state index in [0.29, 0.717) is 0 Å². The van der Waals surface area contributed by atoms with Gasteiger partial charge in [0.15, 0.2) is 0 Å². The molecule has 1 aromatic heterocycles. The summed E-state index contributed by atoms with van der Waals surface area (Å²) in [7, 11) is 0. The summed E-state index contributed by atoms with van der Waals surface area (Å²) in [5.41, 5.74) is 1.15. The molecule has 0 aliphatic heterocycles. The number of para-hydroxylation sites is 1. The summed E-state index contributed by atoms with van der Waals surface area (Å²) in [5, 5.41) is 16.4. The van der Waals surface area contributed by atoms with Gasteiger partial charge < -0.3 is 10.4 Å². The highest BCUT2D eigenvalue weighted by atomic mass is 16.4. The number of benzene rings is 1. The molecule has 1 aliphatic carbocycles. The van der Waals surface area contributed by atoms with Crippen molar-refractivity contribution in [2.24, 2.45) is 0 Å². The molecule has 1 aromatic carbocycles. The first kappa shape index (κ1) is 16.2. The molecular weight excluding hydrogens is 306 g/mol. The first-order valence-corrected chi connectivity index (χ1v) is 8.18. The highest BCUT2D eigenvalue weighted by Gasteiger charge is 2.37. The minimum atomic E-state index is -0.867. The number of amides is 1. The van der Waals surface area contributed by atoms with E-state index in [-0.39, 0.29) is 18.7 Å². The van der Waals surface area contributed by atoms with Crippen molar-refractivity contribution in [1.82, 2.24) is 15.1 Å². The van der Waals surface area contributed by atoms with Gasteiger partial charge in [-0.25, -0.2) is 4.68 Å². The summed E-state index contributed by atoms with van der Waals surface area (Å²) in [6.45, 7) is 0. The molecule has 6 nitrogen and oxygen atoms in total. The fourth-order valence-electron chi connectivity index (χ4n) is 3.39. The molecule has 3 rings (SSSR count). The van der Waals surface area contributed by atoms with Crippen molar-refractivity contribution in [3.63, 3.8) is 0 Å². The molecule has 0 unspecified atom stereocenters. The van der Waals surface area contributed by atoms with Gasteiger partial charge in [0.2, 0.25) is 5.91 Å². The van der Waals surface area contributed by atoms with Crippen LogP contribution in [0.15, 0.2) is 42.7 Å². The largest absolute Gasteiger partial charge is 0.481 e. The minimum Gasteiger partial charge on any atom is -0.481 e. The third-order valence-electron chi connectivity index (χ3n) is 4.48. The Morgan fingerprint density at radius 1 is 1.21 bits per heavy atom. The van der Waals surface area contributed by atoms with Gasteiger partial charge in [0.1, 0.15) is 0 Å². The van der Waals surface area contributed by atoms with Crippen LogP contribution in [0.1, 0.15) is 37.7 Å². The van der Waals surface area contributed by atoms with Crippen LogP contribution in [-0.2, 0) is 16.0 Å². The predicted molar refractivity (Wildman–Crippen MR) is 88.9 cm³/mol. The lowest BCUT2D eigenvalue weighted by Crippen LogP contribution is -2.48. The fourth-order valence-corrected chi connectivity index (χ4v) is 3.39. The summed E-state index contributed by atoms with van der Waals surface area (Å²) in [5.74, 6) is -1.01. The third-order valence-corrected chi connectivity index (χ3v) is 4.48. The monoisotopic (exact) mass is 327 g/mol. The van der Waals surface area contributed by atoms with Crippen LogP contribution in [0.4, 0.5) is 0 Å². The summed E-state index contributed by atoms with van der Waals surface area (Å²) in [6, 6.07) is 9.68. The van der Waals surface area contributed by atoms with Gasteiger partial charge in [-0.1, -0.05) is 31.0 Å². The summed E-state index contributed by atoms with van der Waals surface area (Å²) in [4.78, 5) is 23.5. The number of nitrogens with zero attached hydrogens (tertiary/aromatic N) is 2. The number of rotatable bonds is 6. The molecule has 1 heterocycles. The number of aromatic nitrogens is 2. The molecule has 1 aliphatic rings. The van der Waals surface area contributed by atoms with Gasteiger partial charge in [-0.2, -0.15) is 5.10 Å². The number of carboxylic acids is 1. The standard InChI is InChI=1S/C18H21N3O3/c22-16(20-18(11-17(23)24)8-4-5-9-18)10-14-12-19-21(13-14)15-6-2-1-3-7-15/h1-3,6-7,12-13H,4-5,8-11H2,(H,20,22)(H,23,24). The Morgan fingerprint density at radius 3 is 2.58 bits per heavy atom. The van der Waals surface area contributed by atoms with Crippen LogP contribution in [-0.4, -0.2) is 32.3 Å². The van der Waals surface area contributed by atoms with Crippen LogP contribution in [0, 0.1) is 0 Å². The highest BCUT2D eigenvalue weighted by molar-refractivity contribution is 5.80. The number of carbonyl (C=O) groups is 2. The summed E-state index contributed by atoms with van der Waals surface area (Å²) >= 11 is 0. The Balaban J connectivity index is 1.64. The molecule has 0 atom stereocenters. The molecule has 126 valence electrons. The zero-order valence-electron chi connectivity index (χ0n) is 13.4. The second-order valence-electron chi connectivity index (χ2n) is 6.41. The van der Waals surface area contributed by atoms with Crippen LogP contribution in [0.2, 0.25) is 0 Å². The van der Waals surface area contributed by atoms with E-state index in [0.717, 1.165) is 36.9 Å². The number of carbonyl (C=O) groups excluding carboxylic acids is 1. The van der Waals surface area contributed by atoms with Crippen molar-refractivity contribution in [3.8, 4) is 5.69 Å². The zero-order valence-corrected chi connectivity index (χ0v) is 13.4. The molecule has 2 aromatic rings. The zero-order chi connectivity index (χ0) is 17.0. The van der Waals surface area contributed by atoms with Crippen molar-refractivity contribution >= 4 is 11.9 Å². The lowest BCUT2D eigenvalue weighted by atomic mass is 9.93. The number of nitrogens with one attached hydrogen (secondary N) is 1. The van der Waals surface area contributed by atoms with Gasteiger partial charge in [-0.15, -0.1) is 0 Å². The van der Waals surface area contributed by atoms with Crippen molar-refractivity contribution in [2.45, 2.75) is 44.1 Å². The van der Waals surface area contributed by atoms with Gasteiger partial charge in [-0.3, -0.25) is 9.59 Å². The molecule has 1 fully saturated rings. The van der Waals surface area contributed by atoms with E-state index in [1.807, 2.05) is 36.5 Å². The SMILES string of the molecule is O=C(O)CC1(NC(=O)Cc2cnn(-c3ccccc3)c2)CCCC1. The van der Waals surface area contributed by atoms with E-state index >= 15 is 0 Å². The van der Waals surface area contributed by atoms with Gasteiger partial charge in [0.05, 0.1) is 30.3 Å². The van der Waals surface area contributed by atoms with E-state index in [1.165, 1.54) is 0 Å². The van der Waals surface area contributed by atoms with Gasteiger partial charge in [-0.05, 0) is 30.5 Å². The predicted octanol–water partition coefficient (Wildman–Crippen LogP) is 2.32. The maximum Gasteiger partial charge on any atom is 0.305 e. The normalized spacial score (nSPS) is 16.0. The summed E-state index contributed by atoms with van der Waals surface area (Å²) in [6.07, 6.45) is 7.07. The molecule has 1 saturated carbocycles. The van der Waals surface area contributed by atoms with E-state index in [2.05, 4.69) is 10.4 Å². The Morgan fingerprint density at radius 2 is 1.92 bits per heavy atom. The quantitative estimate of drug-likeness (QED) is 0.853. The minimum absolute atomic E-state index is 0.0119. The molecule has 0 radical (unpaired) electrons. The fraction of sp³-hybridized carbons (Fsp3) is 0.389. The van der Waals surface area contributed by atoms with Gasteiger partial charge in [0.25, 0.3) is 0 Å². The van der Waals surface area contributed by atoms with Crippen LogP contribution in [0.25, 0.3) is 5.69 Å². The molecule has 0 saturated heterocycles. The van der Waals surface area contributed by atoms with Crippen molar-refractivity contribution < 1.29 is 14.7 Å². The maximum absolute atomic E-state index is 12.4. The number of hydrogen-bond donors (Lipinski definition) is 2. The lowest BCUT2D eigenvalue weighted by molar-refractivity contribution is -0.139. The molecule has 6 heteroatoms. The highest BCUT2D eigenvalue weighted by Crippen LogP contribution is 2.32. The van der Waals surface area contributed by atoms with Gasteiger partial charge >= 0.3 is 5.97 Å². The van der Waals surface area contributed by atoms with E-state index in [1.54, 1.807) is 10.9 Å². The van der Waals surface area contributed by atoms with Crippen LogP contribution in [0.3, 0.4) is 0 Å². The second-order valence-corrected chi connectivity index (χ2v) is 6.41. The van der Waals surface area contributed by atoms with E-state index in [9.17, 15) is 9.59 Å². The molecule has 2 N–H and O–H groups in total. The van der Waals surface area contributed by atoms with Crippen molar-refractivity contribution in [2.75, 3.05) is 0 Å². The molecular formula is C18H21N3O3. The Hall–Kier alpha value is -2.63. The molecule has 24 heavy (non-hydrogen) atoms. The smallest absolute Gasteiger partial charge is 0.305 e. The number of hydrogen-bond acceptors (Lipinski definition) is 3. The van der Waals surface area contributed by atoms with Crippen molar-refractivity contribution in [1.29, 1.82) is 0 Å². The topological polar surface area (TPSA) is 84.2 Å². The Bertz CT molecular complexity index is 718. The first-order valence-electron chi connectivity index (χ1n) is 8.18. The van der Waals surface area contributed by atoms with Crippen LogP contribution < -0.4 is 5.32 Å². The average molecular weight is 327 g/mol. The third kappa shape index (κ3) is 3.82. The van der Waals surface area contributed by atoms with Gasteiger partial charge in [0, 0.05) is 6.20 Å². The first-order chi connectivity index (χ1) is 11.6. The van der Waals surface area contributed by atoms with E-state index in [4.69, 9.17) is 5.11 Å². The molecule has 0 bridgehead atoms. The Kier molecular flexibility index (Phi) is 4.64. The lowest BCUT2D eigenvalue weighted by Gasteiger charge is -2.28. The second kappa shape index (κ2) is 6.86.